The lowest BCUT2D eigenvalue weighted by Crippen LogP contribution is -2.42. The molecule has 2 rings (SSSR count). The Morgan fingerprint density at radius 2 is 1.87 bits per heavy atom. The van der Waals surface area contributed by atoms with Crippen molar-refractivity contribution in [3.8, 4) is 12.3 Å². The molecule has 2 aliphatic heterocycles. The second kappa shape index (κ2) is 13.9. The molecular weight excluding hydrogens is 395 g/mol. The third kappa shape index (κ3) is 8.37. The van der Waals surface area contributed by atoms with Crippen LogP contribution >= 0.6 is 0 Å². The van der Waals surface area contributed by atoms with Crippen LogP contribution in [0.2, 0.25) is 0 Å². The van der Waals surface area contributed by atoms with Gasteiger partial charge in [-0.15, -0.1) is 6.42 Å². The smallest absolute Gasteiger partial charge is 0.238 e. The van der Waals surface area contributed by atoms with Crippen LogP contribution < -0.4 is 16.2 Å². The van der Waals surface area contributed by atoms with Gasteiger partial charge in [-0.05, 0) is 70.4 Å². The molecule has 6 nitrogen and oxygen atoms in total. The van der Waals surface area contributed by atoms with E-state index in [-0.39, 0.29) is 24.6 Å². The van der Waals surface area contributed by atoms with Crippen molar-refractivity contribution in [3.05, 3.63) is 23.3 Å². The van der Waals surface area contributed by atoms with Gasteiger partial charge >= 0.3 is 0 Å². The van der Waals surface area contributed by atoms with Crippen LogP contribution in [0.1, 0.15) is 64.7 Å². The highest BCUT2D eigenvalue weighted by molar-refractivity contribution is 5.75. The molecule has 0 unspecified atom stereocenters. The minimum atomic E-state index is -0.366. The maximum absolute atomic E-state index is 15.0. The van der Waals surface area contributed by atoms with Gasteiger partial charge in [0.15, 0.2) is 0 Å². The lowest BCUT2D eigenvalue weighted by Gasteiger charge is -2.37. The monoisotopic (exact) mass is 432 g/mol. The summed E-state index contributed by atoms with van der Waals surface area (Å²) in [5.74, 6) is 3.26. The number of hydrogen-bond donors (Lipinski definition) is 3. The van der Waals surface area contributed by atoms with Crippen molar-refractivity contribution in [2.75, 3.05) is 26.2 Å². The molecule has 31 heavy (non-hydrogen) atoms. The fraction of sp³-hybridized carbons (Fsp3) is 0.667. The van der Waals surface area contributed by atoms with E-state index in [0.29, 0.717) is 30.2 Å². The fourth-order valence-electron chi connectivity index (χ4n) is 4.46. The first kappa shape index (κ1) is 24.9. The van der Waals surface area contributed by atoms with Crippen LogP contribution in [-0.2, 0) is 9.59 Å². The number of hydrogen-bond acceptors (Lipinski definition) is 5. The van der Waals surface area contributed by atoms with Gasteiger partial charge in [0.25, 0.3) is 0 Å². The summed E-state index contributed by atoms with van der Waals surface area (Å²) in [6.45, 7) is 5.58. The summed E-state index contributed by atoms with van der Waals surface area (Å²) in [5.41, 5.74) is 6.43. The van der Waals surface area contributed by atoms with Gasteiger partial charge in [-0.3, -0.25) is 15.6 Å². The van der Waals surface area contributed by atoms with E-state index >= 15 is 0 Å². The van der Waals surface area contributed by atoms with Crippen molar-refractivity contribution < 1.29 is 14.0 Å². The van der Waals surface area contributed by atoms with Gasteiger partial charge in [0, 0.05) is 25.9 Å². The van der Waals surface area contributed by atoms with E-state index in [1.807, 2.05) is 4.90 Å². The molecule has 0 bridgehead atoms. The number of halogens is 1. The first-order chi connectivity index (χ1) is 15.1. The summed E-state index contributed by atoms with van der Waals surface area (Å²) in [7, 11) is 0. The molecule has 2 aliphatic rings. The molecule has 0 aromatic heterocycles. The Kier molecular flexibility index (Phi) is 11.2. The molecule has 2 fully saturated rings. The molecule has 0 atom stereocenters. The first-order valence-electron chi connectivity index (χ1n) is 11.5. The second-order valence-electron chi connectivity index (χ2n) is 8.43. The third-order valence-electron chi connectivity index (χ3n) is 6.18. The Bertz CT molecular complexity index is 684. The molecule has 0 saturated carbocycles. The van der Waals surface area contributed by atoms with Crippen LogP contribution in [0.3, 0.4) is 0 Å². The Morgan fingerprint density at radius 1 is 1.19 bits per heavy atom. The third-order valence-corrected chi connectivity index (χ3v) is 6.18. The average molecular weight is 433 g/mol. The number of nitrogens with zero attached hydrogens (tertiary/aromatic N) is 1. The summed E-state index contributed by atoms with van der Waals surface area (Å²) in [4.78, 5) is 24.4. The molecule has 172 valence electrons. The van der Waals surface area contributed by atoms with Crippen LogP contribution in [-0.4, -0.2) is 43.3 Å². The van der Waals surface area contributed by atoms with Crippen molar-refractivity contribution in [2.45, 2.75) is 64.7 Å². The number of likely N-dealkylation sites (tertiary alicyclic amines) is 1. The molecule has 0 aromatic carbocycles. The molecular formula is C24H37FN4O2. The summed E-state index contributed by atoms with van der Waals surface area (Å²) in [6, 6.07) is 0. The lowest BCUT2D eigenvalue weighted by atomic mass is 9.83. The molecule has 0 aliphatic carbocycles. The molecule has 0 aromatic rings. The molecule has 1 amide bonds. The van der Waals surface area contributed by atoms with Gasteiger partial charge in [0.1, 0.15) is 12.1 Å². The summed E-state index contributed by atoms with van der Waals surface area (Å²) < 4.78 is 15.0. The molecule has 0 spiro atoms. The van der Waals surface area contributed by atoms with Crippen molar-refractivity contribution in [2.24, 2.45) is 11.8 Å². The van der Waals surface area contributed by atoms with Crippen molar-refractivity contribution in [1.82, 2.24) is 21.1 Å². The van der Waals surface area contributed by atoms with Gasteiger partial charge in [-0.1, -0.05) is 12.0 Å². The summed E-state index contributed by atoms with van der Waals surface area (Å²) in [6.07, 6.45) is 14.7. The Hall–Kier alpha value is -2.33. The zero-order valence-corrected chi connectivity index (χ0v) is 18.7. The standard InChI is InChI=1S/C24H37FN4O2/c1-3-7-21(25)24(22(4-2)27-28-23(31)8-5-6-17-30)29-15-11-20(12-16-29)18-19-9-13-26-14-10-19/h1,4,17,19-20,26-27H,5-16,18H2,2H3,(H,28,31)/b22-4-,24-21-. The lowest BCUT2D eigenvalue weighted by molar-refractivity contribution is -0.122. The predicted molar refractivity (Wildman–Crippen MR) is 121 cm³/mol. The Labute approximate surface area is 186 Å². The first-order valence-corrected chi connectivity index (χ1v) is 11.5. The van der Waals surface area contributed by atoms with E-state index < -0.39 is 0 Å². The SMILES string of the molecule is C#CC/C(F)=C(\C(=C\C)NNC(=O)CCCC=O)N1CCC(CC2CCNCC2)CC1. The Morgan fingerprint density at radius 3 is 2.48 bits per heavy atom. The van der Waals surface area contributed by atoms with E-state index in [1.165, 1.54) is 19.3 Å². The van der Waals surface area contributed by atoms with E-state index in [4.69, 9.17) is 6.42 Å². The average Bonchev–Trinajstić information content (AvgIpc) is 2.78. The van der Waals surface area contributed by atoms with Crippen LogP contribution in [0.15, 0.2) is 23.3 Å². The number of aldehydes is 1. The number of unbranched alkanes of at least 4 members (excludes halogenated alkanes) is 1. The van der Waals surface area contributed by atoms with Crippen LogP contribution in [0, 0.1) is 24.2 Å². The topological polar surface area (TPSA) is 73.5 Å². The Balaban J connectivity index is 1.96. The number of piperidine rings is 2. The summed E-state index contributed by atoms with van der Waals surface area (Å²) >= 11 is 0. The van der Waals surface area contributed by atoms with Crippen LogP contribution in [0.25, 0.3) is 0 Å². The van der Waals surface area contributed by atoms with E-state index in [9.17, 15) is 14.0 Å². The quantitative estimate of drug-likeness (QED) is 0.154. The van der Waals surface area contributed by atoms with E-state index in [2.05, 4.69) is 22.1 Å². The normalized spacial score (nSPS) is 19.4. The highest BCUT2D eigenvalue weighted by Gasteiger charge is 2.27. The fourth-order valence-corrected chi connectivity index (χ4v) is 4.46. The molecule has 2 saturated heterocycles. The number of carbonyl (C=O) groups excluding carboxylic acids is 2. The van der Waals surface area contributed by atoms with Crippen molar-refractivity contribution in [1.29, 1.82) is 0 Å². The number of amides is 1. The van der Waals surface area contributed by atoms with Crippen molar-refractivity contribution in [3.63, 3.8) is 0 Å². The van der Waals surface area contributed by atoms with Gasteiger partial charge in [0.2, 0.25) is 5.91 Å². The maximum atomic E-state index is 15.0. The van der Waals surface area contributed by atoms with Gasteiger partial charge < -0.3 is 15.0 Å². The van der Waals surface area contributed by atoms with Gasteiger partial charge in [-0.25, -0.2) is 4.39 Å². The number of carbonyl (C=O) groups is 2. The van der Waals surface area contributed by atoms with Crippen LogP contribution in [0.4, 0.5) is 4.39 Å². The van der Waals surface area contributed by atoms with Crippen molar-refractivity contribution >= 4 is 12.2 Å². The van der Waals surface area contributed by atoms with E-state index in [1.54, 1.807) is 13.0 Å². The zero-order chi connectivity index (χ0) is 22.5. The zero-order valence-electron chi connectivity index (χ0n) is 18.7. The largest absolute Gasteiger partial charge is 0.368 e. The number of hydrazine groups is 1. The van der Waals surface area contributed by atoms with Gasteiger partial charge in [0.05, 0.1) is 17.8 Å². The minimum Gasteiger partial charge on any atom is -0.368 e. The molecule has 3 N–H and O–H groups in total. The number of terminal acetylenes is 1. The highest BCUT2D eigenvalue weighted by atomic mass is 19.1. The molecule has 7 heteroatoms. The minimum absolute atomic E-state index is 0.0867. The maximum Gasteiger partial charge on any atom is 0.238 e. The van der Waals surface area contributed by atoms with E-state index in [0.717, 1.165) is 51.2 Å². The number of nitrogens with one attached hydrogen (secondary N) is 3. The van der Waals surface area contributed by atoms with Gasteiger partial charge in [-0.2, -0.15) is 0 Å². The molecule has 0 radical (unpaired) electrons. The second-order valence-corrected chi connectivity index (χ2v) is 8.43. The van der Waals surface area contributed by atoms with Crippen LogP contribution in [0.5, 0.6) is 0 Å². The highest BCUT2D eigenvalue weighted by Crippen LogP contribution is 2.32. The number of allylic oxidation sites excluding steroid dienone is 2. The number of rotatable bonds is 11. The summed E-state index contributed by atoms with van der Waals surface area (Å²) in [5, 5.41) is 3.42. The molecule has 2 heterocycles. The predicted octanol–water partition coefficient (Wildman–Crippen LogP) is 3.19.